The number of para-hydroxylation sites is 2. The van der Waals surface area contributed by atoms with Crippen molar-refractivity contribution in [2.75, 3.05) is 5.75 Å². The van der Waals surface area contributed by atoms with Crippen molar-refractivity contribution in [3.8, 4) is 5.69 Å². The maximum atomic E-state index is 13.3. The quantitative estimate of drug-likeness (QED) is 0.364. The molecule has 156 valence electrons. The number of benzene rings is 3. The average Bonchev–Trinajstić information content (AvgIpc) is 2.78. The minimum atomic E-state index is -0.137. The Morgan fingerprint density at radius 1 is 0.968 bits per heavy atom. The van der Waals surface area contributed by atoms with Crippen molar-refractivity contribution in [3.63, 3.8) is 0 Å². The zero-order valence-corrected chi connectivity index (χ0v) is 18.3. The van der Waals surface area contributed by atoms with Gasteiger partial charge in [0, 0.05) is 6.54 Å². The van der Waals surface area contributed by atoms with Crippen molar-refractivity contribution < 1.29 is 4.79 Å². The first kappa shape index (κ1) is 20.9. The number of thioether (sulfide) groups is 1. The summed E-state index contributed by atoms with van der Waals surface area (Å²) in [6, 6.07) is 23.0. The van der Waals surface area contributed by atoms with Gasteiger partial charge < -0.3 is 5.32 Å². The van der Waals surface area contributed by atoms with Gasteiger partial charge >= 0.3 is 0 Å². The Morgan fingerprint density at radius 2 is 1.68 bits per heavy atom. The first-order chi connectivity index (χ1) is 15.0. The van der Waals surface area contributed by atoms with Crippen molar-refractivity contribution in [1.82, 2.24) is 14.9 Å². The number of amides is 1. The number of aryl methyl sites for hydroxylation is 2. The molecule has 4 aromatic rings. The van der Waals surface area contributed by atoms with E-state index in [0.29, 0.717) is 22.6 Å². The number of aromatic nitrogens is 2. The average molecular weight is 430 g/mol. The lowest BCUT2D eigenvalue weighted by atomic mass is 10.1. The van der Waals surface area contributed by atoms with Gasteiger partial charge in [-0.1, -0.05) is 71.9 Å². The van der Waals surface area contributed by atoms with Crippen molar-refractivity contribution in [1.29, 1.82) is 0 Å². The number of carbonyl (C=O) groups excluding carboxylic acids is 1. The zero-order valence-electron chi connectivity index (χ0n) is 17.5. The highest BCUT2D eigenvalue weighted by atomic mass is 32.2. The topological polar surface area (TPSA) is 64.0 Å². The second-order valence-electron chi connectivity index (χ2n) is 7.39. The molecule has 0 aliphatic heterocycles. The summed E-state index contributed by atoms with van der Waals surface area (Å²) in [4.78, 5) is 30.5. The van der Waals surface area contributed by atoms with Crippen LogP contribution in [0, 0.1) is 13.8 Å². The molecule has 31 heavy (non-hydrogen) atoms. The summed E-state index contributed by atoms with van der Waals surface area (Å²) in [6.45, 7) is 4.46. The largest absolute Gasteiger partial charge is 0.351 e. The van der Waals surface area contributed by atoms with E-state index in [1.165, 1.54) is 17.3 Å². The Bertz CT molecular complexity index is 1300. The summed E-state index contributed by atoms with van der Waals surface area (Å²) in [7, 11) is 0. The minimum absolute atomic E-state index is 0.107. The SMILES string of the molecule is Cc1ccc(CNC(=O)CSc2nc3ccccc3c(=O)n2-c2ccccc2C)cc1. The number of carbonyl (C=O) groups is 1. The smallest absolute Gasteiger partial charge is 0.266 e. The highest BCUT2D eigenvalue weighted by Gasteiger charge is 2.15. The number of rotatable bonds is 6. The molecule has 0 unspecified atom stereocenters. The molecule has 0 radical (unpaired) electrons. The summed E-state index contributed by atoms with van der Waals surface area (Å²) in [5, 5.41) is 3.99. The van der Waals surface area contributed by atoms with Gasteiger partial charge in [0.1, 0.15) is 0 Å². The van der Waals surface area contributed by atoms with Crippen molar-refractivity contribution in [3.05, 3.63) is 99.8 Å². The van der Waals surface area contributed by atoms with E-state index in [2.05, 4.69) is 5.32 Å². The van der Waals surface area contributed by atoms with Gasteiger partial charge in [-0.25, -0.2) is 4.98 Å². The lowest BCUT2D eigenvalue weighted by molar-refractivity contribution is -0.118. The molecule has 0 fully saturated rings. The van der Waals surface area contributed by atoms with Gasteiger partial charge in [0.05, 0.1) is 22.3 Å². The maximum Gasteiger partial charge on any atom is 0.266 e. The molecule has 1 aromatic heterocycles. The van der Waals surface area contributed by atoms with Crippen molar-refractivity contribution in [2.24, 2.45) is 0 Å². The van der Waals surface area contributed by atoms with Crippen molar-refractivity contribution >= 4 is 28.6 Å². The second kappa shape index (κ2) is 9.18. The maximum absolute atomic E-state index is 13.3. The van der Waals surface area contributed by atoms with E-state index in [0.717, 1.165) is 16.8 Å². The molecule has 5 nitrogen and oxygen atoms in total. The van der Waals surface area contributed by atoms with Crippen LogP contribution >= 0.6 is 11.8 Å². The van der Waals surface area contributed by atoms with Gasteiger partial charge in [0.25, 0.3) is 5.56 Å². The van der Waals surface area contributed by atoms with Crippen LogP contribution in [0.25, 0.3) is 16.6 Å². The summed E-state index contributed by atoms with van der Waals surface area (Å²) >= 11 is 1.27. The van der Waals surface area contributed by atoms with E-state index >= 15 is 0 Å². The number of fused-ring (bicyclic) bond motifs is 1. The zero-order chi connectivity index (χ0) is 21.8. The molecule has 0 aliphatic rings. The van der Waals surface area contributed by atoms with Crippen LogP contribution < -0.4 is 10.9 Å². The standard InChI is InChI=1S/C25H23N3O2S/c1-17-11-13-19(14-12-17)15-26-23(29)16-31-25-27-21-9-5-4-8-20(21)24(30)28(25)22-10-6-3-7-18(22)2/h3-14H,15-16H2,1-2H3,(H,26,29). The number of nitrogens with one attached hydrogen (secondary N) is 1. The predicted octanol–water partition coefficient (Wildman–Crippen LogP) is 4.41. The fourth-order valence-corrected chi connectivity index (χ4v) is 4.16. The molecule has 0 saturated heterocycles. The Kier molecular flexibility index (Phi) is 6.18. The summed E-state index contributed by atoms with van der Waals surface area (Å²) < 4.78 is 1.61. The van der Waals surface area contributed by atoms with Crippen molar-refractivity contribution in [2.45, 2.75) is 25.5 Å². The molecule has 0 spiro atoms. The first-order valence-corrected chi connectivity index (χ1v) is 11.0. The van der Waals surface area contributed by atoms with Crippen LogP contribution in [0.2, 0.25) is 0 Å². The van der Waals surface area contributed by atoms with Gasteiger partial charge in [0.15, 0.2) is 5.16 Å². The Balaban J connectivity index is 1.60. The fraction of sp³-hybridized carbons (Fsp3) is 0.160. The molecule has 0 aliphatic carbocycles. The van der Waals surface area contributed by atoms with E-state index in [4.69, 9.17) is 4.98 Å². The second-order valence-corrected chi connectivity index (χ2v) is 8.33. The normalized spacial score (nSPS) is 10.9. The molecule has 4 rings (SSSR count). The van der Waals surface area contributed by atoms with E-state index < -0.39 is 0 Å². The highest BCUT2D eigenvalue weighted by molar-refractivity contribution is 7.99. The molecule has 0 atom stereocenters. The third-order valence-corrected chi connectivity index (χ3v) is 5.98. The Hall–Kier alpha value is -3.38. The monoisotopic (exact) mass is 429 g/mol. The number of nitrogens with zero attached hydrogens (tertiary/aromatic N) is 2. The molecular formula is C25H23N3O2S. The Labute approximate surface area is 185 Å². The van der Waals surface area contributed by atoms with Crippen LogP contribution in [0.15, 0.2) is 82.7 Å². The summed E-state index contributed by atoms with van der Waals surface area (Å²) in [5.41, 5.74) is 4.45. The third kappa shape index (κ3) is 4.70. The van der Waals surface area contributed by atoms with Crippen LogP contribution in [0.4, 0.5) is 0 Å². The summed E-state index contributed by atoms with van der Waals surface area (Å²) in [5.74, 6) is 0.0621. The minimum Gasteiger partial charge on any atom is -0.351 e. The Morgan fingerprint density at radius 3 is 2.45 bits per heavy atom. The van der Waals surface area contributed by atoms with Gasteiger partial charge in [-0.05, 0) is 43.2 Å². The van der Waals surface area contributed by atoms with Crippen LogP contribution in [0.3, 0.4) is 0 Å². The van der Waals surface area contributed by atoms with Gasteiger partial charge in [-0.3, -0.25) is 14.2 Å². The molecule has 1 amide bonds. The molecule has 1 heterocycles. The molecular weight excluding hydrogens is 406 g/mol. The summed E-state index contributed by atoms with van der Waals surface area (Å²) in [6.07, 6.45) is 0. The number of hydrogen-bond donors (Lipinski definition) is 1. The van der Waals surface area contributed by atoms with Crippen LogP contribution in [0.5, 0.6) is 0 Å². The van der Waals surface area contributed by atoms with Crippen LogP contribution in [-0.2, 0) is 11.3 Å². The van der Waals surface area contributed by atoms with Gasteiger partial charge in [-0.2, -0.15) is 0 Å². The molecule has 0 bridgehead atoms. The first-order valence-electron chi connectivity index (χ1n) is 10.1. The molecule has 3 aromatic carbocycles. The van der Waals surface area contributed by atoms with E-state index in [1.807, 2.05) is 80.6 Å². The lowest BCUT2D eigenvalue weighted by Gasteiger charge is -2.15. The number of hydrogen-bond acceptors (Lipinski definition) is 4. The van der Waals surface area contributed by atoms with Gasteiger partial charge in [0.2, 0.25) is 5.91 Å². The van der Waals surface area contributed by atoms with E-state index in [1.54, 1.807) is 10.6 Å². The highest BCUT2D eigenvalue weighted by Crippen LogP contribution is 2.23. The van der Waals surface area contributed by atoms with Crippen LogP contribution in [-0.4, -0.2) is 21.2 Å². The molecule has 1 N–H and O–H groups in total. The predicted molar refractivity (Wildman–Crippen MR) is 126 cm³/mol. The third-order valence-electron chi connectivity index (χ3n) is 5.04. The molecule has 6 heteroatoms. The van der Waals surface area contributed by atoms with E-state index in [-0.39, 0.29) is 17.2 Å². The molecule has 0 saturated carbocycles. The van der Waals surface area contributed by atoms with Gasteiger partial charge in [-0.15, -0.1) is 0 Å². The van der Waals surface area contributed by atoms with E-state index in [9.17, 15) is 9.59 Å². The lowest BCUT2D eigenvalue weighted by Crippen LogP contribution is -2.26. The fourth-order valence-electron chi connectivity index (χ4n) is 3.32. The van der Waals surface area contributed by atoms with Crippen LogP contribution in [0.1, 0.15) is 16.7 Å².